The molecule has 0 spiro atoms. The molecule has 0 unspecified atom stereocenters. The van der Waals surface area contributed by atoms with Crippen LogP contribution in [0.15, 0.2) is 6.33 Å². The van der Waals surface area contributed by atoms with Gasteiger partial charge < -0.3 is 25.6 Å². The Bertz CT molecular complexity index is 658. The van der Waals surface area contributed by atoms with Crippen LogP contribution in [0.4, 0.5) is 11.8 Å². The van der Waals surface area contributed by atoms with Crippen LogP contribution >= 0.6 is 0 Å². The lowest BCUT2D eigenvalue weighted by atomic mass is 10.2. The first kappa shape index (κ1) is 14.0. The standard InChI is InChI=1S/C12H18N6O3/c1-17(2)9-8-10(16-12(13)15-9)18(5-14-8)11-7(20)3-6(4-19)21-11/h5-7,11,19-20H,3-4H2,1-2H3,(H2,13,15,16)/t6-,7+,11+/m1/s1. The molecule has 1 aliphatic rings. The van der Waals surface area contributed by atoms with Crippen molar-refractivity contribution in [2.24, 2.45) is 0 Å². The Morgan fingerprint density at radius 2 is 2.24 bits per heavy atom. The summed E-state index contributed by atoms with van der Waals surface area (Å²) in [5.41, 5.74) is 6.82. The molecule has 1 fully saturated rings. The van der Waals surface area contributed by atoms with Crippen molar-refractivity contribution in [2.75, 3.05) is 31.3 Å². The third kappa shape index (κ3) is 2.28. The summed E-state index contributed by atoms with van der Waals surface area (Å²) in [7, 11) is 3.67. The van der Waals surface area contributed by atoms with Gasteiger partial charge in [0.25, 0.3) is 0 Å². The zero-order valence-corrected chi connectivity index (χ0v) is 11.8. The fraction of sp³-hybridized carbons (Fsp3) is 0.583. The molecular formula is C12H18N6O3. The lowest BCUT2D eigenvalue weighted by Gasteiger charge is -2.17. The lowest BCUT2D eigenvalue weighted by molar-refractivity contribution is -0.0486. The van der Waals surface area contributed by atoms with Crippen LogP contribution in [0.3, 0.4) is 0 Å². The zero-order valence-electron chi connectivity index (χ0n) is 11.8. The van der Waals surface area contributed by atoms with E-state index in [1.54, 1.807) is 15.8 Å². The zero-order chi connectivity index (χ0) is 15.1. The van der Waals surface area contributed by atoms with Gasteiger partial charge in [-0.05, 0) is 0 Å². The number of aliphatic hydroxyl groups is 2. The molecule has 3 heterocycles. The summed E-state index contributed by atoms with van der Waals surface area (Å²) in [6.45, 7) is -0.139. The van der Waals surface area contributed by atoms with Crippen LogP contribution in [-0.2, 0) is 4.74 Å². The van der Waals surface area contributed by atoms with Crippen LogP contribution in [0, 0.1) is 0 Å². The van der Waals surface area contributed by atoms with Crippen molar-refractivity contribution in [1.29, 1.82) is 0 Å². The van der Waals surface area contributed by atoms with Crippen molar-refractivity contribution in [3.63, 3.8) is 0 Å². The predicted molar refractivity (Wildman–Crippen MR) is 75.7 cm³/mol. The van der Waals surface area contributed by atoms with Gasteiger partial charge in [0, 0.05) is 20.5 Å². The Labute approximate surface area is 121 Å². The molecule has 9 heteroatoms. The lowest BCUT2D eigenvalue weighted by Crippen LogP contribution is -2.20. The number of hydrogen-bond acceptors (Lipinski definition) is 8. The van der Waals surface area contributed by atoms with E-state index in [1.165, 1.54) is 0 Å². The highest BCUT2D eigenvalue weighted by molar-refractivity contribution is 5.84. The smallest absolute Gasteiger partial charge is 0.224 e. The maximum absolute atomic E-state index is 10.1. The minimum atomic E-state index is -0.737. The van der Waals surface area contributed by atoms with Crippen molar-refractivity contribution in [3.8, 4) is 0 Å². The second kappa shape index (κ2) is 5.10. The maximum Gasteiger partial charge on any atom is 0.224 e. The van der Waals surface area contributed by atoms with E-state index in [4.69, 9.17) is 15.6 Å². The average Bonchev–Trinajstić information content (AvgIpc) is 3.00. The SMILES string of the molecule is CN(C)c1nc(N)nc2c1ncn2[C@H]1O[C@@H](CO)C[C@@H]1O. The minimum absolute atomic E-state index is 0.124. The van der Waals surface area contributed by atoms with Gasteiger partial charge in [-0.15, -0.1) is 0 Å². The summed E-state index contributed by atoms with van der Waals surface area (Å²) in [5.74, 6) is 0.724. The number of nitrogens with two attached hydrogens (primary N) is 1. The molecule has 3 rings (SSSR count). The molecule has 0 amide bonds. The minimum Gasteiger partial charge on any atom is -0.394 e. The molecule has 2 aromatic heterocycles. The fourth-order valence-corrected chi connectivity index (χ4v) is 2.51. The van der Waals surface area contributed by atoms with Crippen LogP contribution in [0.5, 0.6) is 0 Å². The number of anilines is 2. The number of aromatic nitrogens is 4. The Balaban J connectivity index is 2.08. The van der Waals surface area contributed by atoms with E-state index in [0.29, 0.717) is 23.4 Å². The third-order valence-electron chi connectivity index (χ3n) is 3.49. The number of imidazole rings is 1. The first-order valence-electron chi connectivity index (χ1n) is 6.63. The van der Waals surface area contributed by atoms with E-state index in [0.717, 1.165) is 0 Å². The number of aliphatic hydroxyl groups excluding tert-OH is 2. The molecule has 0 aromatic carbocycles. The highest BCUT2D eigenvalue weighted by Gasteiger charge is 2.36. The second-order valence-corrected chi connectivity index (χ2v) is 5.26. The Morgan fingerprint density at radius 1 is 1.48 bits per heavy atom. The summed E-state index contributed by atoms with van der Waals surface area (Å²) < 4.78 is 7.25. The van der Waals surface area contributed by atoms with Crippen molar-refractivity contribution in [3.05, 3.63) is 6.33 Å². The molecule has 0 bridgehead atoms. The van der Waals surface area contributed by atoms with Crippen molar-refractivity contribution < 1.29 is 14.9 Å². The van der Waals surface area contributed by atoms with E-state index in [9.17, 15) is 5.11 Å². The number of hydrogen-bond donors (Lipinski definition) is 3. The number of rotatable bonds is 3. The van der Waals surface area contributed by atoms with Gasteiger partial charge in [-0.25, -0.2) is 4.98 Å². The highest BCUT2D eigenvalue weighted by Crippen LogP contribution is 2.32. The normalized spacial score (nSPS) is 25.6. The van der Waals surface area contributed by atoms with E-state index in [1.807, 2.05) is 14.1 Å². The van der Waals surface area contributed by atoms with Gasteiger partial charge in [0.05, 0.1) is 19.0 Å². The van der Waals surface area contributed by atoms with Crippen molar-refractivity contribution in [1.82, 2.24) is 19.5 Å². The molecule has 21 heavy (non-hydrogen) atoms. The first-order chi connectivity index (χ1) is 10.0. The van der Waals surface area contributed by atoms with Gasteiger partial charge in [-0.3, -0.25) is 4.57 Å². The van der Waals surface area contributed by atoms with Crippen molar-refractivity contribution >= 4 is 22.9 Å². The molecule has 0 radical (unpaired) electrons. The average molecular weight is 294 g/mol. The Morgan fingerprint density at radius 3 is 2.86 bits per heavy atom. The van der Waals surface area contributed by atoms with Gasteiger partial charge in [0.15, 0.2) is 23.2 Å². The Kier molecular flexibility index (Phi) is 3.40. The molecule has 2 aromatic rings. The van der Waals surface area contributed by atoms with E-state index < -0.39 is 18.4 Å². The largest absolute Gasteiger partial charge is 0.394 e. The molecule has 0 saturated carbocycles. The van der Waals surface area contributed by atoms with Gasteiger partial charge in [-0.2, -0.15) is 9.97 Å². The van der Waals surface area contributed by atoms with Crippen LogP contribution in [0.2, 0.25) is 0 Å². The van der Waals surface area contributed by atoms with E-state index in [2.05, 4.69) is 15.0 Å². The summed E-state index contributed by atoms with van der Waals surface area (Å²) in [6.07, 6.45) is 0.131. The van der Waals surface area contributed by atoms with Gasteiger partial charge in [0.2, 0.25) is 5.95 Å². The van der Waals surface area contributed by atoms with Gasteiger partial charge in [-0.1, -0.05) is 0 Å². The van der Waals surface area contributed by atoms with Crippen LogP contribution in [0.1, 0.15) is 12.6 Å². The molecule has 9 nitrogen and oxygen atoms in total. The first-order valence-corrected chi connectivity index (χ1v) is 6.63. The molecule has 3 atom stereocenters. The molecule has 0 aliphatic carbocycles. The second-order valence-electron chi connectivity index (χ2n) is 5.26. The molecule has 1 aliphatic heterocycles. The topological polar surface area (TPSA) is 123 Å². The van der Waals surface area contributed by atoms with Crippen LogP contribution < -0.4 is 10.6 Å². The van der Waals surface area contributed by atoms with Crippen LogP contribution in [0.25, 0.3) is 11.2 Å². The third-order valence-corrected chi connectivity index (χ3v) is 3.49. The monoisotopic (exact) mass is 294 g/mol. The van der Waals surface area contributed by atoms with Crippen molar-refractivity contribution in [2.45, 2.75) is 24.9 Å². The maximum atomic E-state index is 10.1. The highest BCUT2D eigenvalue weighted by atomic mass is 16.5. The number of ether oxygens (including phenoxy) is 1. The molecular weight excluding hydrogens is 276 g/mol. The molecule has 1 saturated heterocycles. The Hall–Kier alpha value is -1.97. The molecule has 4 N–H and O–H groups in total. The van der Waals surface area contributed by atoms with Crippen LogP contribution in [-0.4, -0.2) is 62.6 Å². The summed E-state index contributed by atoms with van der Waals surface area (Å²) >= 11 is 0. The van der Waals surface area contributed by atoms with E-state index >= 15 is 0 Å². The number of nitrogen functional groups attached to an aromatic ring is 1. The van der Waals surface area contributed by atoms with Gasteiger partial charge >= 0.3 is 0 Å². The fourth-order valence-electron chi connectivity index (χ4n) is 2.51. The van der Waals surface area contributed by atoms with E-state index in [-0.39, 0.29) is 12.6 Å². The number of nitrogens with zero attached hydrogens (tertiary/aromatic N) is 5. The summed E-state index contributed by atoms with van der Waals surface area (Å²) in [5, 5.41) is 19.3. The predicted octanol–water partition coefficient (Wildman–Crippen LogP) is -0.885. The molecule has 114 valence electrons. The summed E-state index contributed by atoms with van der Waals surface area (Å²) in [6, 6.07) is 0. The number of fused-ring (bicyclic) bond motifs is 1. The van der Waals surface area contributed by atoms with Gasteiger partial charge in [0.1, 0.15) is 6.10 Å². The summed E-state index contributed by atoms with van der Waals surface area (Å²) in [4.78, 5) is 14.4. The quantitative estimate of drug-likeness (QED) is 0.666.